The number of sulfonamides is 1. The van der Waals surface area contributed by atoms with Gasteiger partial charge in [0.2, 0.25) is 15.9 Å². The van der Waals surface area contributed by atoms with Crippen LogP contribution in [0.2, 0.25) is 0 Å². The molecule has 0 saturated carbocycles. The maximum Gasteiger partial charge on any atom is 0.261 e. The van der Waals surface area contributed by atoms with Gasteiger partial charge >= 0.3 is 0 Å². The number of nitrogens with zero attached hydrogens (tertiary/aromatic N) is 4. The third-order valence-corrected chi connectivity index (χ3v) is 6.42. The molecule has 12 heteroatoms. The number of carbonyl (C=O) groups excluding carboxylic acids is 3. The van der Waals surface area contributed by atoms with Crippen LogP contribution < -0.4 is 4.72 Å². The average molecular weight is 423 g/mol. The Bertz CT molecular complexity index is 1010. The van der Waals surface area contributed by atoms with E-state index in [-0.39, 0.29) is 17.7 Å². The molecule has 3 amide bonds. The molecule has 3 rings (SSSR count). The molecule has 2 heterocycles. The predicted molar refractivity (Wildman–Crippen MR) is 100 cm³/mol. The van der Waals surface area contributed by atoms with E-state index in [1.54, 1.807) is 23.7 Å². The van der Waals surface area contributed by atoms with Crippen LogP contribution in [0.25, 0.3) is 0 Å². The minimum absolute atomic E-state index is 0.239. The number of hydrogen-bond acceptors (Lipinski definition) is 8. The summed E-state index contributed by atoms with van der Waals surface area (Å²) in [6.45, 7) is 1.19. The number of nitrogens with one attached hydrogen (secondary N) is 1. The molecule has 1 unspecified atom stereocenters. The van der Waals surface area contributed by atoms with Crippen molar-refractivity contribution >= 4 is 39.5 Å². The fourth-order valence-corrected chi connectivity index (χ4v) is 4.40. The van der Waals surface area contributed by atoms with Crippen molar-refractivity contribution < 1.29 is 22.8 Å². The number of rotatable bonds is 7. The van der Waals surface area contributed by atoms with Crippen LogP contribution in [0.4, 0.5) is 0 Å². The minimum Gasteiger partial charge on any atom is -0.312 e. The van der Waals surface area contributed by atoms with Crippen LogP contribution in [0.1, 0.15) is 27.6 Å². The molecule has 28 heavy (non-hydrogen) atoms. The van der Waals surface area contributed by atoms with Crippen LogP contribution in [0.5, 0.6) is 0 Å². The molecule has 1 aliphatic rings. The molecule has 1 aromatic carbocycles. The topological polar surface area (TPSA) is 131 Å². The normalized spacial score (nSPS) is 14.9. The monoisotopic (exact) mass is 423 g/mol. The summed E-state index contributed by atoms with van der Waals surface area (Å²) in [7, 11) is -2.34. The standard InChI is InChI=1S/C16H17N5O5S2/c1-10(27-16-18-17-9-20(16)2)13(22)19-28(25,26)8-7-21-14(23)11-5-3-4-6-12(11)15(21)24/h3-6,9-10H,7-8H2,1-2H3,(H,19,22). The summed E-state index contributed by atoms with van der Waals surface area (Å²) in [6.07, 6.45) is 1.46. The molecule has 0 fully saturated rings. The van der Waals surface area contributed by atoms with Crippen LogP contribution in [-0.2, 0) is 21.9 Å². The van der Waals surface area contributed by atoms with Gasteiger partial charge in [-0.2, -0.15) is 0 Å². The van der Waals surface area contributed by atoms with E-state index in [0.29, 0.717) is 5.16 Å². The molecular weight excluding hydrogens is 406 g/mol. The van der Waals surface area contributed by atoms with Gasteiger partial charge in [-0.25, -0.2) is 8.42 Å². The number of carbonyl (C=O) groups is 3. The number of aryl methyl sites for hydroxylation is 1. The quantitative estimate of drug-likeness (QED) is 0.488. The summed E-state index contributed by atoms with van der Waals surface area (Å²) >= 11 is 1.06. The SMILES string of the molecule is CC(Sc1nncn1C)C(=O)NS(=O)(=O)CCN1C(=O)c2ccccc2C1=O. The zero-order valence-corrected chi connectivity index (χ0v) is 16.7. The number of benzene rings is 1. The molecule has 1 aliphatic heterocycles. The summed E-state index contributed by atoms with van der Waals surface area (Å²) in [6, 6.07) is 6.27. The third kappa shape index (κ3) is 4.07. The van der Waals surface area contributed by atoms with Gasteiger partial charge < -0.3 is 4.57 Å². The highest BCUT2D eigenvalue weighted by Crippen LogP contribution is 2.22. The van der Waals surface area contributed by atoms with E-state index in [1.165, 1.54) is 25.4 Å². The fourth-order valence-electron chi connectivity index (χ4n) is 2.53. The smallest absolute Gasteiger partial charge is 0.261 e. The van der Waals surface area contributed by atoms with E-state index in [0.717, 1.165) is 16.7 Å². The highest BCUT2D eigenvalue weighted by Gasteiger charge is 2.35. The summed E-state index contributed by atoms with van der Waals surface area (Å²) < 4.78 is 28.0. The molecule has 10 nitrogen and oxygen atoms in total. The van der Waals surface area contributed by atoms with Crippen molar-refractivity contribution in [1.82, 2.24) is 24.4 Å². The van der Waals surface area contributed by atoms with Gasteiger partial charge in [0.15, 0.2) is 5.16 Å². The van der Waals surface area contributed by atoms with Gasteiger partial charge in [-0.1, -0.05) is 23.9 Å². The summed E-state index contributed by atoms with van der Waals surface area (Å²) in [5.41, 5.74) is 0.477. The lowest BCUT2D eigenvalue weighted by Crippen LogP contribution is -2.41. The molecular formula is C16H17N5O5S2. The maximum absolute atomic E-state index is 12.3. The van der Waals surface area contributed by atoms with Crippen LogP contribution in [0, 0.1) is 0 Å². The van der Waals surface area contributed by atoms with E-state index < -0.39 is 38.7 Å². The van der Waals surface area contributed by atoms with Crippen molar-refractivity contribution in [2.45, 2.75) is 17.3 Å². The third-order valence-electron chi connectivity index (χ3n) is 4.04. The maximum atomic E-state index is 12.3. The second-order valence-electron chi connectivity index (χ2n) is 6.08. The second kappa shape index (κ2) is 7.72. The van der Waals surface area contributed by atoms with Gasteiger partial charge in [0, 0.05) is 13.6 Å². The number of amides is 3. The molecule has 0 saturated heterocycles. The van der Waals surface area contributed by atoms with Gasteiger partial charge in [-0.3, -0.25) is 24.0 Å². The molecule has 0 bridgehead atoms. The lowest BCUT2D eigenvalue weighted by molar-refractivity contribution is -0.118. The van der Waals surface area contributed by atoms with Gasteiger partial charge in [0.05, 0.1) is 22.1 Å². The lowest BCUT2D eigenvalue weighted by Gasteiger charge is -2.15. The van der Waals surface area contributed by atoms with E-state index in [9.17, 15) is 22.8 Å². The Kier molecular flexibility index (Phi) is 5.52. The van der Waals surface area contributed by atoms with E-state index in [2.05, 4.69) is 10.2 Å². The number of aromatic nitrogens is 3. The predicted octanol–water partition coefficient (Wildman–Crippen LogP) is 0.0379. The first-order valence-corrected chi connectivity index (χ1v) is 10.7. The number of thioether (sulfide) groups is 1. The molecule has 2 aromatic rings. The lowest BCUT2D eigenvalue weighted by atomic mass is 10.1. The van der Waals surface area contributed by atoms with Crippen LogP contribution in [-0.4, -0.2) is 63.4 Å². The molecule has 0 radical (unpaired) electrons. The zero-order chi connectivity index (χ0) is 20.5. The molecule has 0 spiro atoms. The molecule has 148 valence electrons. The van der Waals surface area contributed by atoms with E-state index >= 15 is 0 Å². The van der Waals surface area contributed by atoms with Crippen molar-refractivity contribution in [3.05, 3.63) is 41.7 Å². The Morgan fingerprint density at radius 2 is 1.82 bits per heavy atom. The Hall–Kier alpha value is -2.73. The van der Waals surface area contributed by atoms with Crippen molar-refractivity contribution in [3.63, 3.8) is 0 Å². The Morgan fingerprint density at radius 1 is 1.21 bits per heavy atom. The first kappa shape index (κ1) is 20.0. The van der Waals surface area contributed by atoms with Gasteiger partial charge in [0.1, 0.15) is 6.33 Å². The second-order valence-corrected chi connectivity index (χ2v) is 9.23. The van der Waals surface area contributed by atoms with Crippen LogP contribution in [0.3, 0.4) is 0 Å². The van der Waals surface area contributed by atoms with Crippen LogP contribution in [0.15, 0.2) is 35.7 Å². The summed E-state index contributed by atoms with van der Waals surface area (Å²) in [5.74, 6) is -2.40. The first-order chi connectivity index (χ1) is 13.2. The Balaban J connectivity index is 1.59. The van der Waals surface area contributed by atoms with E-state index in [1.807, 2.05) is 4.72 Å². The Labute approximate surface area is 165 Å². The zero-order valence-electron chi connectivity index (χ0n) is 15.0. The van der Waals surface area contributed by atoms with Crippen molar-refractivity contribution in [2.24, 2.45) is 7.05 Å². The Morgan fingerprint density at radius 3 is 2.36 bits per heavy atom. The van der Waals surface area contributed by atoms with Crippen molar-refractivity contribution in [2.75, 3.05) is 12.3 Å². The molecule has 1 aromatic heterocycles. The first-order valence-electron chi connectivity index (χ1n) is 8.20. The number of fused-ring (bicyclic) bond motifs is 1. The van der Waals surface area contributed by atoms with Crippen LogP contribution >= 0.6 is 11.8 Å². The fraction of sp³-hybridized carbons (Fsp3) is 0.312. The average Bonchev–Trinajstić information content (AvgIpc) is 3.15. The molecule has 1 atom stereocenters. The number of hydrogen-bond donors (Lipinski definition) is 1. The van der Waals surface area contributed by atoms with Crippen molar-refractivity contribution in [3.8, 4) is 0 Å². The largest absolute Gasteiger partial charge is 0.312 e. The van der Waals surface area contributed by atoms with Gasteiger partial charge in [0.25, 0.3) is 11.8 Å². The molecule has 1 N–H and O–H groups in total. The number of imide groups is 1. The van der Waals surface area contributed by atoms with Gasteiger partial charge in [-0.15, -0.1) is 10.2 Å². The summed E-state index contributed by atoms with van der Waals surface area (Å²) in [5, 5.41) is 7.24. The van der Waals surface area contributed by atoms with E-state index in [4.69, 9.17) is 0 Å². The van der Waals surface area contributed by atoms with Gasteiger partial charge in [-0.05, 0) is 19.1 Å². The highest BCUT2D eigenvalue weighted by molar-refractivity contribution is 8.00. The minimum atomic E-state index is -4.04. The van der Waals surface area contributed by atoms with Crippen molar-refractivity contribution in [1.29, 1.82) is 0 Å². The summed E-state index contributed by atoms with van der Waals surface area (Å²) in [4.78, 5) is 37.6. The molecule has 0 aliphatic carbocycles. The highest BCUT2D eigenvalue weighted by atomic mass is 32.2.